The van der Waals surface area contributed by atoms with Crippen molar-refractivity contribution in [1.29, 1.82) is 0 Å². The van der Waals surface area contributed by atoms with Crippen LogP contribution in [0.4, 0.5) is 5.69 Å². The summed E-state index contributed by atoms with van der Waals surface area (Å²) in [5.41, 5.74) is 1.09. The van der Waals surface area contributed by atoms with Crippen LogP contribution in [0.2, 0.25) is 0 Å². The molecule has 6 heteroatoms. The zero-order chi connectivity index (χ0) is 17.4. The Morgan fingerprint density at radius 2 is 1.75 bits per heavy atom. The second kappa shape index (κ2) is 9.05. The molecule has 1 fully saturated rings. The molecule has 0 radical (unpaired) electrons. The van der Waals surface area contributed by atoms with Crippen LogP contribution in [0.1, 0.15) is 48.9 Å². The molecule has 0 aliphatic heterocycles. The first-order chi connectivity index (χ1) is 11.6. The largest absolute Gasteiger partial charge is 0.468 e. The lowest BCUT2D eigenvalue weighted by atomic mass is 9.87. The number of amides is 2. The molecule has 0 unspecified atom stereocenters. The third-order valence-corrected chi connectivity index (χ3v) is 4.25. The molecule has 1 saturated carbocycles. The maximum atomic E-state index is 12.1. The van der Waals surface area contributed by atoms with Gasteiger partial charge in [-0.25, -0.2) is 0 Å². The molecule has 1 aromatic carbocycles. The average molecular weight is 332 g/mol. The smallest absolute Gasteiger partial charge is 0.325 e. The highest BCUT2D eigenvalue weighted by Gasteiger charge is 2.17. The number of carbonyl (C=O) groups excluding carboxylic acids is 3. The molecule has 0 bridgehead atoms. The maximum Gasteiger partial charge on any atom is 0.325 e. The van der Waals surface area contributed by atoms with Crippen LogP contribution in [0, 0.1) is 5.92 Å². The molecule has 1 aliphatic carbocycles. The molecule has 2 amide bonds. The summed E-state index contributed by atoms with van der Waals surface area (Å²) in [6, 6.07) is 6.60. The normalized spacial score (nSPS) is 14.7. The van der Waals surface area contributed by atoms with E-state index in [0.29, 0.717) is 23.6 Å². The van der Waals surface area contributed by atoms with E-state index < -0.39 is 5.97 Å². The second-order valence-electron chi connectivity index (χ2n) is 6.09. The van der Waals surface area contributed by atoms with Gasteiger partial charge in [0.1, 0.15) is 6.54 Å². The summed E-state index contributed by atoms with van der Waals surface area (Å²) in [6.07, 6.45) is 6.53. The molecule has 2 N–H and O–H groups in total. The number of hydrogen-bond donors (Lipinski definition) is 2. The van der Waals surface area contributed by atoms with Gasteiger partial charge in [0.25, 0.3) is 5.91 Å². The standard InChI is InChI=1S/C18H24N2O4/c1-24-17(22)12-19-18(23)14-7-9-15(10-8-14)20-16(21)11-13-5-3-2-4-6-13/h7-10,13H,2-6,11-12H2,1H3,(H,19,23)(H,20,21). The molecule has 0 atom stereocenters. The minimum Gasteiger partial charge on any atom is -0.468 e. The van der Waals surface area contributed by atoms with Crippen molar-refractivity contribution in [2.45, 2.75) is 38.5 Å². The molecule has 1 aromatic rings. The fraction of sp³-hybridized carbons (Fsp3) is 0.500. The molecular formula is C18H24N2O4. The van der Waals surface area contributed by atoms with Gasteiger partial charge in [0.05, 0.1) is 7.11 Å². The van der Waals surface area contributed by atoms with E-state index in [9.17, 15) is 14.4 Å². The number of anilines is 1. The molecule has 24 heavy (non-hydrogen) atoms. The molecular weight excluding hydrogens is 308 g/mol. The topological polar surface area (TPSA) is 84.5 Å². The average Bonchev–Trinajstić information content (AvgIpc) is 2.60. The van der Waals surface area contributed by atoms with E-state index >= 15 is 0 Å². The number of hydrogen-bond acceptors (Lipinski definition) is 4. The van der Waals surface area contributed by atoms with Crippen LogP contribution in [0.5, 0.6) is 0 Å². The maximum absolute atomic E-state index is 12.1. The van der Waals surface area contributed by atoms with Crippen molar-refractivity contribution in [3.8, 4) is 0 Å². The zero-order valence-corrected chi connectivity index (χ0v) is 14.0. The van der Waals surface area contributed by atoms with E-state index in [4.69, 9.17) is 0 Å². The molecule has 130 valence electrons. The monoisotopic (exact) mass is 332 g/mol. The van der Waals surface area contributed by atoms with E-state index in [1.54, 1.807) is 24.3 Å². The minimum absolute atomic E-state index is 0.0183. The molecule has 2 rings (SSSR count). The first kappa shape index (κ1) is 18.0. The number of methoxy groups -OCH3 is 1. The summed E-state index contributed by atoms with van der Waals surface area (Å²) >= 11 is 0. The minimum atomic E-state index is -0.505. The van der Waals surface area contributed by atoms with Crippen molar-refractivity contribution in [3.05, 3.63) is 29.8 Å². The molecule has 0 aromatic heterocycles. The van der Waals surface area contributed by atoms with Crippen LogP contribution in [0.15, 0.2) is 24.3 Å². The summed E-state index contributed by atoms with van der Waals surface area (Å²) < 4.78 is 4.46. The SMILES string of the molecule is COC(=O)CNC(=O)c1ccc(NC(=O)CC2CCCCC2)cc1. The van der Waals surface area contributed by atoms with Crippen molar-refractivity contribution in [2.24, 2.45) is 5.92 Å². The van der Waals surface area contributed by atoms with E-state index in [-0.39, 0.29) is 18.4 Å². The highest BCUT2D eigenvalue weighted by molar-refractivity contribution is 5.97. The van der Waals surface area contributed by atoms with Gasteiger partial charge in [-0.3, -0.25) is 14.4 Å². The van der Waals surface area contributed by atoms with Crippen LogP contribution < -0.4 is 10.6 Å². The van der Waals surface area contributed by atoms with Crippen LogP contribution in [-0.4, -0.2) is 31.4 Å². The summed E-state index contributed by atoms with van der Waals surface area (Å²) in [5.74, 6) is -0.359. The molecule has 0 spiro atoms. The van der Waals surface area contributed by atoms with Gasteiger partial charge in [-0.2, -0.15) is 0 Å². The number of carbonyl (C=O) groups is 3. The number of ether oxygens (including phenoxy) is 1. The van der Waals surface area contributed by atoms with Crippen LogP contribution in [0.3, 0.4) is 0 Å². The lowest BCUT2D eigenvalue weighted by Gasteiger charge is -2.20. The lowest BCUT2D eigenvalue weighted by Crippen LogP contribution is -2.30. The van der Waals surface area contributed by atoms with Crippen LogP contribution in [0.25, 0.3) is 0 Å². The number of nitrogens with one attached hydrogen (secondary N) is 2. The molecule has 0 heterocycles. The Labute approximate surface area is 142 Å². The van der Waals surface area contributed by atoms with Crippen LogP contribution in [-0.2, 0) is 14.3 Å². The van der Waals surface area contributed by atoms with Gasteiger partial charge in [-0.1, -0.05) is 19.3 Å². The number of esters is 1. The van der Waals surface area contributed by atoms with E-state index in [1.807, 2.05) is 0 Å². The fourth-order valence-corrected chi connectivity index (χ4v) is 2.90. The van der Waals surface area contributed by atoms with Gasteiger partial charge in [0, 0.05) is 17.7 Å². The summed E-state index contributed by atoms with van der Waals surface area (Å²) in [6.45, 7) is -0.171. The lowest BCUT2D eigenvalue weighted by molar-refractivity contribution is -0.139. The van der Waals surface area contributed by atoms with Gasteiger partial charge in [0.15, 0.2) is 0 Å². The first-order valence-corrected chi connectivity index (χ1v) is 8.33. The van der Waals surface area contributed by atoms with E-state index in [2.05, 4.69) is 15.4 Å². The summed E-state index contributed by atoms with van der Waals surface area (Å²) in [5, 5.41) is 5.33. The van der Waals surface area contributed by atoms with Gasteiger partial charge in [0.2, 0.25) is 5.91 Å². The van der Waals surface area contributed by atoms with Crippen molar-refractivity contribution in [2.75, 3.05) is 19.0 Å². The predicted octanol–water partition coefficient (Wildman–Crippen LogP) is 2.50. The third-order valence-electron chi connectivity index (χ3n) is 4.25. The Morgan fingerprint density at radius 3 is 2.38 bits per heavy atom. The van der Waals surface area contributed by atoms with Gasteiger partial charge in [-0.05, 0) is 43.0 Å². The molecule has 0 saturated heterocycles. The van der Waals surface area contributed by atoms with Crippen molar-refractivity contribution in [3.63, 3.8) is 0 Å². The Morgan fingerprint density at radius 1 is 1.08 bits per heavy atom. The quantitative estimate of drug-likeness (QED) is 0.784. The Bertz CT molecular complexity index is 577. The summed E-state index contributed by atoms with van der Waals surface area (Å²) in [4.78, 5) is 34.9. The number of rotatable bonds is 6. The first-order valence-electron chi connectivity index (χ1n) is 8.33. The van der Waals surface area contributed by atoms with Crippen molar-refractivity contribution < 1.29 is 19.1 Å². The van der Waals surface area contributed by atoms with Crippen molar-refractivity contribution >= 4 is 23.5 Å². The highest BCUT2D eigenvalue weighted by Crippen LogP contribution is 2.26. The van der Waals surface area contributed by atoms with Gasteiger partial charge in [-0.15, -0.1) is 0 Å². The van der Waals surface area contributed by atoms with E-state index in [1.165, 1.54) is 26.4 Å². The third kappa shape index (κ3) is 5.68. The van der Waals surface area contributed by atoms with Gasteiger partial charge >= 0.3 is 5.97 Å². The zero-order valence-electron chi connectivity index (χ0n) is 14.0. The summed E-state index contributed by atoms with van der Waals surface area (Å²) in [7, 11) is 1.26. The van der Waals surface area contributed by atoms with Crippen molar-refractivity contribution in [1.82, 2.24) is 5.32 Å². The molecule has 6 nitrogen and oxygen atoms in total. The second-order valence-corrected chi connectivity index (χ2v) is 6.09. The van der Waals surface area contributed by atoms with E-state index in [0.717, 1.165) is 12.8 Å². The highest BCUT2D eigenvalue weighted by atomic mass is 16.5. The Hall–Kier alpha value is -2.37. The molecule has 1 aliphatic rings. The Balaban J connectivity index is 1.81. The van der Waals surface area contributed by atoms with Gasteiger partial charge < -0.3 is 15.4 Å². The van der Waals surface area contributed by atoms with Crippen LogP contribution >= 0.6 is 0 Å². The fourth-order valence-electron chi connectivity index (χ4n) is 2.90. The Kier molecular flexibility index (Phi) is 6.78. The predicted molar refractivity (Wildman–Crippen MR) is 90.6 cm³/mol. The number of benzene rings is 1.